The second-order valence-corrected chi connectivity index (χ2v) is 5.53. The molecule has 0 aromatic carbocycles. The van der Waals surface area contributed by atoms with Gasteiger partial charge < -0.3 is 14.6 Å². The van der Waals surface area contributed by atoms with Gasteiger partial charge in [-0.15, -0.1) is 0 Å². The van der Waals surface area contributed by atoms with E-state index in [4.69, 9.17) is 0 Å². The third-order valence-electron chi connectivity index (χ3n) is 3.99. The lowest BCUT2D eigenvalue weighted by molar-refractivity contribution is -0.272. The molecule has 5 nitrogen and oxygen atoms in total. The highest BCUT2D eigenvalue weighted by Crippen LogP contribution is 2.38. The first-order valence-electron chi connectivity index (χ1n) is 6.87. The molecule has 0 unspecified atom stereocenters. The van der Waals surface area contributed by atoms with Crippen LogP contribution in [0.25, 0.3) is 0 Å². The van der Waals surface area contributed by atoms with E-state index in [-0.39, 0.29) is 25.2 Å². The van der Waals surface area contributed by atoms with Crippen molar-refractivity contribution in [2.45, 2.75) is 38.1 Å². The molecule has 1 fully saturated rings. The Balaban J connectivity index is 2.02. The minimum atomic E-state index is -4.70. The van der Waals surface area contributed by atoms with Crippen molar-refractivity contribution >= 4 is 5.91 Å². The number of hydrogen-bond acceptors (Lipinski definition) is 3. The lowest BCUT2D eigenvalue weighted by Crippen LogP contribution is -2.54. The fraction of sp³-hybridized carbons (Fsp3) is 0.571. The molecular weight excluding hydrogens is 301 g/mol. The van der Waals surface area contributed by atoms with Gasteiger partial charge in [-0.2, -0.15) is 13.2 Å². The number of halogens is 3. The molecule has 1 aliphatic rings. The summed E-state index contributed by atoms with van der Waals surface area (Å²) >= 11 is 0. The summed E-state index contributed by atoms with van der Waals surface area (Å²) in [6.07, 6.45) is -4.34. The first-order chi connectivity index (χ1) is 10.1. The number of amides is 1. The van der Waals surface area contributed by atoms with E-state index in [1.54, 1.807) is 19.1 Å². The van der Waals surface area contributed by atoms with Gasteiger partial charge >= 0.3 is 6.18 Å². The van der Waals surface area contributed by atoms with Crippen molar-refractivity contribution in [3.05, 3.63) is 34.2 Å². The highest BCUT2D eigenvalue weighted by atomic mass is 19.4. The Kier molecular flexibility index (Phi) is 4.32. The summed E-state index contributed by atoms with van der Waals surface area (Å²) in [4.78, 5) is 25.2. The van der Waals surface area contributed by atoms with Crippen LogP contribution in [0.2, 0.25) is 0 Å². The summed E-state index contributed by atoms with van der Waals surface area (Å²) in [6, 6.07) is 3.25. The molecule has 0 aliphatic carbocycles. The van der Waals surface area contributed by atoms with Crippen LogP contribution < -0.4 is 5.56 Å². The molecule has 8 heteroatoms. The molecule has 22 heavy (non-hydrogen) atoms. The number of hydrogen-bond donors (Lipinski definition) is 1. The fourth-order valence-corrected chi connectivity index (χ4v) is 2.44. The summed E-state index contributed by atoms with van der Waals surface area (Å²) in [5.74, 6) is -0.433. The van der Waals surface area contributed by atoms with Gasteiger partial charge in [0, 0.05) is 37.7 Å². The number of rotatable bonds is 2. The maximum atomic E-state index is 12.7. The van der Waals surface area contributed by atoms with Crippen molar-refractivity contribution in [1.82, 2.24) is 9.47 Å². The topological polar surface area (TPSA) is 62.5 Å². The van der Waals surface area contributed by atoms with Crippen LogP contribution in [-0.4, -0.2) is 45.3 Å². The van der Waals surface area contributed by atoms with Crippen molar-refractivity contribution in [1.29, 1.82) is 0 Å². The summed E-state index contributed by atoms with van der Waals surface area (Å²) in [5.41, 5.74) is -2.55. The smallest absolute Gasteiger partial charge is 0.380 e. The Hall–Kier alpha value is -1.83. The Morgan fingerprint density at radius 1 is 1.36 bits per heavy atom. The van der Waals surface area contributed by atoms with Crippen LogP contribution in [0.5, 0.6) is 0 Å². The number of likely N-dealkylation sites (tertiary alicyclic amines) is 1. The second-order valence-electron chi connectivity index (χ2n) is 5.53. The summed E-state index contributed by atoms with van der Waals surface area (Å²) in [7, 11) is 0. The van der Waals surface area contributed by atoms with E-state index >= 15 is 0 Å². The molecule has 1 amide bonds. The van der Waals surface area contributed by atoms with Crippen molar-refractivity contribution in [3.8, 4) is 0 Å². The average Bonchev–Trinajstić information content (AvgIpc) is 2.43. The lowest BCUT2D eigenvalue weighted by Gasteiger charge is -2.39. The van der Waals surface area contributed by atoms with Crippen molar-refractivity contribution in [2.24, 2.45) is 0 Å². The zero-order chi connectivity index (χ0) is 16.5. The molecule has 0 atom stereocenters. The summed E-state index contributed by atoms with van der Waals surface area (Å²) in [6.45, 7) is 1.03. The van der Waals surface area contributed by atoms with E-state index in [2.05, 4.69) is 0 Å². The fourth-order valence-electron chi connectivity index (χ4n) is 2.44. The number of nitrogens with zero attached hydrogens (tertiary/aromatic N) is 2. The highest BCUT2D eigenvalue weighted by Gasteiger charge is 2.54. The molecule has 122 valence electrons. The Morgan fingerprint density at radius 3 is 2.50 bits per heavy atom. The Labute approximate surface area is 125 Å². The van der Waals surface area contributed by atoms with Gasteiger partial charge in [0.05, 0.1) is 0 Å². The van der Waals surface area contributed by atoms with Gasteiger partial charge in [0.15, 0.2) is 5.60 Å². The molecule has 0 radical (unpaired) electrons. The Bertz CT molecular complexity index is 616. The number of carbonyl (C=O) groups is 1. The van der Waals surface area contributed by atoms with E-state index in [0.717, 1.165) is 0 Å². The van der Waals surface area contributed by atoms with Crippen LogP contribution in [0.15, 0.2) is 23.1 Å². The van der Waals surface area contributed by atoms with Crippen molar-refractivity contribution in [2.75, 3.05) is 13.1 Å². The summed E-state index contributed by atoms with van der Waals surface area (Å²) in [5, 5.41) is 9.56. The number of carbonyl (C=O) groups excluding carboxylic acids is 1. The van der Waals surface area contributed by atoms with E-state index in [1.807, 2.05) is 0 Å². The van der Waals surface area contributed by atoms with Crippen molar-refractivity contribution in [3.63, 3.8) is 0 Å². The van der Waals surface area contributed by atoms with E-state index < -0.39 is 30.5 Å². The number of aromatic nitrogens is 1. The molecule has 1 aromatic heterocycles. The molecule has 1 aromatic rings. The van der Waals surface area contributed by atoms with E-state index in [0.29, 0.717) is 5.56 Å². The second kappa shape index (κ2) is 5.75. The first kappa shape index (κ1) is 16.5. The maximum absolute atomic E-state index is 12.7. The SMILES string of the molecule is Cc1cccn(CC(=O)N2CCC(O)(C(F)(F)F)CC2)c1=O. The van der Waals surface area contributed by atoms with Gasteiger partial charge in [0.2, 0.25) is 5.91 Å². The van der Waals surface area contributed by atoms with Crippen LogP contribution in [-0.2, 0) is 11.3 Å². The monoisotopic (exact) mass is 318 g/mol. The van der Waals surface area contributed by atoms with Crippen LogP contribution in [0.1, 0.15) is 18.4 Å². The average molecular weight is 318 g/mol. The quantitative estimate of drug-likeness (QED) is 0.887. The predicted octanol–water partition coefficient (Wildman–Crippen LogP) is 1.07. The molecular formula is C14H17F3N2O3. The molecule has 0 spiro atoms. The summed E-state index contributed by atoms with van der Waals surface area (Å²) < 4.78 is 39.3. The highest BCUT2D eigenvalue weighted by molar-refractivity contribution is 5.76. The number of pyridine rings is 1. The van der Waals surface area contributed by atoms with Crippen LogP contribution in [0.3, 0.4) is 0 Å². The predicted molar refractivity (Wildman–Crippen MR) is 72.3 cm³/mol. The molecule has 1 aliphatic heterocycles. The van der Waals surface area contributed by atoms with E-state index in [9.17, 15) is 27.9 Å². The third-order valence-corrected chi connectivity index (χ3v) is 3.99. The maximum Gasteiger partial charge on any atom is 0.417 e. The van der Waals surface area contributed by atoms with Crippen LogP contribution in [0.4, 0.5) is 13.2 Å². The molecule has 2 heterocycles. The van der Waals surface area contributed by atoms with Gasteiger partial charge in [0.25, 0.3) is 5.56 Å². The number of aryl methyl sites for hydroxylation is 1. The van der Waals surface area contributed by atoms with Gasteiger partial charge in [-0.1, -0.05) is 6.07 Å². The molecule has 2 rings (SSSR count). The van der Waals surface area contributed by atoms with Crippen molar-refractivity contribution < 1.29 is 23.1 Å². The number of piperidine rings is 1. The van der Waals surface area contributed by atoms with Gasteiger partial charge in [-0.3, -0.25) is 9.59 Å². The minimum absolute atomic E-state index is 0.185. The van der Waals surface area contributed by atoms with Crippen LogP contribution in [0, 0.1) is 6.92 Å². The standard InChI is InChI=1S/C14H17F3N2O3/c1-10-3-2-6-19(12(10)21)9-11(20)18-7-4-13(22,5-8-18)14(15,16)17/h2-3,6,22H,4-5,7-9H2,1H3. The normalized spacial score (nSPS) is 18.3. The minimum Gasteiger partial charge on any atom is -0.380 e. The third kappa shape index (κ3) is 3.16. The zero-order valence-electron chi connectivity index (χ0n) is 12.1. The molecule has 1 saturated heterocycles. The largest absolute Gasteiger partial charge is 0.417 e. The van der Waals surface area contributed by atoms with Gasteiger partial charge in [-0.25, -0.2) is 0 Å². The first-order valence-corrected chi connectivity index (χ1v) is 6.87. The molecule has 1 N–H and O–H groups in total. The van der Waals surface area contributed by atoms with Gasteiger partial charge in [0.1, 0.15) is 6.54 Å². The van der Waals surface area contributed by atoms with Crippen LogP contribution >= 0.6 is 0 Å². The Morgan fingerprint density at radius 2 is 1.95 bits per heavy atom. The zero-order valence-corrected chi connectivity index (χ0v) is 12.1. The number of aliphatic hydroxyl groups is 1. The molecule has 0 saturated carbocycles. The van der Waals surface area contributed by atoms with Gasteiger partial charge in [-0.05, 0) is 13.0 Å². The lowest BCUT2D eigenvalue weighted by atomic mass is 9.91. The number of alkyl halides is 3. The molecule has 0 bridgehead atoms. The van der Waals surface area contributed by atoms with E-state index in [1.165, 1.54) is 15.7 Å².